The molecular formula is C16H33N2O2PS2. The van der Waals surface area contributed by atoms with E-state index in [4.69, 9.17) is 14.3 Å². The Labute approximate surface area is 153 Å². The summed E-state index contributed by atoms with van der Waals surface area (Å²) in [4.78, 5) is 0. The predicted molar refractivity (Wildman–Crippen MR) is 106 cm³/mol. The van der Waals surface area contributed by atoms with Crippen molar-refractivity contribution in [3.05, 3.63) is 0 Å². The summed E-state index contributed by atoms with van der Waals surface area (Å²) >= 11 is 4.24. The van der Waals surface area contributed by atoms with E-state index >= 15 is 0 Å². The zero-order valence-corrected chi connectivity index (χ0v) is 17.8. The normalized spacial score (nSPS) is 14.4. The van der Waals surface area contributed by atoms with Crippen LogP contribution in [0.5, 0.6) is 0 Å². The smallest absolute Gasteiger partial charge is 0.259 e. The lowest BCUT2D eigenvalue weighted by Crippen LogP contribution is -2.33. The van der Waals surface area contributed by atoms with Crippen LogP contribution < -0.4 is 0 Å². The van der Waals surface area contributed by atoms with E-state index in [0.29, 0.717) is 30.4 Å². The van der Waals surface area contributed by atoms with Gasteiger partial charge in [0.2, 0.25) is 0 Å². The topological polar surface area (TPSA) is 45.5 Å². The van der Waals surface area contributed by atoms with Gasteiger partial charge >= 0.3 is 0 Å². The molecule has 0 aromatic rings. The van der Waals surface area contributed by atoms with Crippen LogP contribution in [0.15, 0.2) is 0 Å². The van der Waals surface area contributed by atoms with Gasteiger partial charge in [-0.05, 0) is 40.5 Å². The number of nitrogens with zero attached hydrogens (tertiary/aromatic N) is 2. The quantitative estimate of drug-likeness (QED) is 0.178. The molecule has 7 heteroatoms. The molecule has 0 bridgehead atoms. The fourth-order valence-corrected chi connectivity index (χ4v) is 4.44. The second-order valence-corrected chi connectivity index (χ2v) is 9.25. The maximum Gasteiger partial charge on any atom is 0.259 e. The summed E-state index contributed by atoms with van der Waals surface area (Å²) in [6.07, 6.45) is 5.04. The molecule has 0 amide bonds. The Balaban J connectivity index is 4.23. The van der Waals surface area contributed by atoms with Crippen molar-refractivity contribution in [3.63, 3.8) is 0 Å². The van der Waals surface area contributed by atoms with Gasteiger partial charge in [0, 0.05) is 17.3 Å². The Morgan fingerprint density at radius 1 is 1.04 bits per heavy atom. The number of hydrogen-bond donors (Lipinski definition) is 1. The lowest BCUT2D eigenvalue weighted by molar-refractivity contribution is 0.174. The van der Waals surface area contributed by atoms with Crippen LogP contribution in [0.4, 0.5) is 0 Å². The van der Waals surface area contributed by atoms with Crippen LogP contribution >= 0.6 is 31.0 Å². The van der Waals surface area contributed by atoms with Gasteiger partial charge in [-0.3, -0.25) is 0 Å². The van der Waals surface area contributed by atoms with Gasteiger partial charge in [-0.25, -0.2) is 4.67 Å². The van der Waals surface area contributed by atoms with E-state index in [-0.39, 0.29) is 0 Å². The van der Waals surface area contributed by atoms with Crippen molar-refractivity contribution in [3.8, 4) is 6.07 Å². The van der Waals surface area contributed by atoms with Crippen molar-refractivity contribution in [2.75, 3.05) is 13.2 Å². The summed E-state index contributed by atoms with van der Waals surface area (Å²) < 4.78 is 14.2. The number of nitriles is 1. The highest BCUT2D eigenvalue weighted by Crippen LogP contribution is 2.46. The Morgan fingerprint density at radius 2 is 1.65 bits per heavy atom. The van der Waals surface area contributed by atoms with E-state index in [2.05, 4.69) is 57.0 Å². The van der Waals surface area contributed by atoms with Crippen molar-refractivity contribution in [2.45, 2.75) is 84.1 Å². The minimum Gasteiger partial charge on any atom is -0.322 e. The molecule has 0 saturated heterocycles. The number of unbranched alkanes of at least 4 members (excludes halogenated alkanes) is 2. The number of hydrogen-bond acceptors (Lipinski definition) is 6. The molecule has 23 heavy (non-hydrogen) atoms. The van der Waals surface area contributed by atoms with E-state index in [1.54, 1.807) is 10.8 Å². The Kier molecular flexibility index (Phi) is 15.1. The molecule has 0 spiro atoms. The molecule has 0 radical (unpaired) electrons. The van der Waals surface area contributed by atoms with Gasteiger partial charge < -0.3 is 9.05 Å². The zero-order chi connectivity index (χ0) is 17.7. The first-order valence-electron chi connectivity index (χ1n) is 8.45. The third-order valence-electron chi connectivity index (χ3n) is 3.30. The van der Waals surface area contributed by atoms with E-state index in [0.717, 1.165) is 13.0 Å². The van der Waals surface area contributed by atoms with E-state index in [1.807, 2.05) is 0 Å². The zero-order valence-electron chi connectivity index (χ0n) is 15.2. The standard InChI is InChI=1S/C16H33N2O2PS2/c1-14(2)18(15(3)4)21(20-13-9-11-17)19-12-8-6-7-10-16(5)23-22/h14-16,22H,6-10,12-13H2,1-5H3. The molecule has 2 atom stereocenters. The number of thiol groups is 1. The van der Waals surface area contributed by atoms with Gasteiger partial charge in [-0.2, -0.15) is 5.26 Å². The molecule has 0 aliphatic heterocycles. The first kappa shape index (κ1) is 23.5. The lowest BCUT2D eigenvalue weighted by Gasteiger charge is -2.35. The van der Waals surface area contributed by atoms with Gasteiger partial charge in [0.1, 0.15) is 0 Å². The first-order valence-corrected chi connectivity index (χ1v) is 11.5. The van der Waals surface area contributed by atoms with Crippen molar-refractivity contribution in [1.82, 2.24) is 4.67 Å². The molecule has 0 aliphatic rings. The molecule has 136 valence electrons. The Bertz CT molecular complexity index is 320. The van der Waals surface area contributed by atoms with Crippen molar-refractivity contribution < 1.29 is 9.05 Å². The molecular weight excluding hydrogens is 347 g/mol. The molecule has 2 unspecified atom stereocenters. The molecule has 0 heterocycles. The predicted octanol–water partition coefficient (Wildman–Crippen LogP) is 5.81. The van der Waals surface area contributed by atoms with Gasteiger partial charge in [0.25, 0.3) is 8.53 Å². The summed E-state index contributed by atoms with van der Waals surface area (Å²) in [6, 6.07) is 2.84. The third-order valence-corrected chi connectivity index (χ3v) is 7.08. The highest BCUT2D eigenvalue weighted by atomic mass is 33.1. The summed E-state index contributed by atoms with van der Waals surface area (Å²) in [5, 5.41) is 9.30. The van der Waals surface area contributed by atoms with Crippen LogP contribution in [0.3, 0.4) is 0 Å². The van der Waals surface area contributed by atoms with Crippen LogP contribution in [-0.4, -0.2) is 35.2 Å². The minimum atomic E-state index is -1.09. The van der Waals surface area contributed by atoms with Crippen LogP contribution in [0.2, 0.25) is 0 Å². The largest absolute Gasteiger partial charge is 0.322 e. The second-order valence-electron chi connectivity index (χ2n) is 6.15. The molecule has 0 aliphatic carbocycles. The van der Waals surface area contributed by atoms with Gasteiger partial charge in [-0.1, -0.05) is 30.6 Å². The molecule has 0 rings (SSSR count). The van der Waals surface area contributed by atoms with Crippen LogP contribution in [0.1, 0.15) is 66.7 Å². The Morgan fingerprint density at radius 3 is 2.17 bits per heavy atom. The summed E-state index contributed by atoms with van der Waals surface area (Å²) in [5.74, 6) is 0. The summed E-state index contributed by atoms with van der Waals surface area (Å²) in [5.41, 5.74) is 0. The minimum absolute atomic E-state index is 0.358. The monoisotopic (exact) mass is 380 g/mol. The highest BCUT2D eigenvalue weighted by molar-refractivity contribution is 8.68. The second kappa shape index (κ2) is 14.8. The lowest BCUT2D eigenvalue weighted by atomic mass is 10.2. The maximum atomic E-state index is 8.69. The highest BCUT2D eigenvalue weighted by Gasteiger charge is 2.26. The average molecular weight is 381 g/mol. The third kappa shape index (κ3) is 11.6. The molecule has 0 saturated carbocycles. The van der Waals surface area contributed by atoms with Crippen LogP contribution in [0.25, 0.3) is 0 Å². The SMILES string of the molecule is CC(CCCCCOP(OCCC#N)N(C(C)C)C(C)C)SS. The first-order chi connectivity index (χ1) is 10.9. The van der Waals surface area contributed by atoms with E-state index in [9.17, 15) is 0 Å². The van der Waals surface area contributed by atoms with Crippen molar-refractivity contribution >= 4 is 31.0 Å². The fraction of sp³-hybridized carbons (Fsp3) is 0.938. The molecule has 0 N–H and O–H groups in total. The van der Waals surface area contributed by atoms with E-state index < -0.39 is 8.53 Å². The van der Waals surface area contributed by atoms with Crippen LogP contribution in [-0.2, 0) is 9.05 Å². The fourth-order valence-electron chi connectivity index (χ4n) is 2.22. The maximum absolute atomic E-state index is 8.69. The van der Waals surface area contributed by atoms with Gasteiger partial charge in [-0.15, -0.1) is 11.7 Å². The molecule has 0 aromatic heterocycles. The molecule has 0 aromatic carbocycles. The van der Waals surface area contributed by atoms with Crippen molar-refractivity contribution in [1.29, 1.82) is 5.26 Å². The van der Waals surface area contributed by atoms with Gasteiger partial charge in [0.05, 0.1) is 25.7 Å². The van der Waals surface area contributed by atoms with Crippen LogP contribution in [0, 0.1) is 11.3 Å². The average Bonchev–Trinajstić information content (AvgIpc) is 2.49. The van der Waals surface area contributed by atoms with E-state index in [1.165, 1.54) is 19.3 Å². The summed E-state index contributed by atoms with van der Waals surface area (Å²) in [6.45, 7) is 12.0. The number of rotatable bonds is 14. The molecule has 4 nitrogen and oxygen atoms in total. The summed E-state index contributed by atoms with van der Waals surface area (Å²) in [7, 11) is 0.543. The Hall–Kier alpha value is 0.500. The van der Waals surface area contributed by atoms with Gasteiger partial charge in [0.15, 0.2) is 0 Å². The molecule has 0 fully saturated rings. The van der Waals surface area contributed by atoms with Crippen molar-refractivity contribution in [2.24, 2.45) is 0 Å².